The van der Waals surface area contributed by atoms with E-state index in [1.807, 2.05) is 43.3 Å². The van der Waals surface area contributed by atoms with Crippen LogP contribution >= 0.6 is 0 Å². The van der Waals surface area contributed by atoms with Crippen molar-refractivity contribution in [2.75, 3.05) is 11.9 Å². The van der Waals surface area contributed by atoms with Gasteiger partial charge in [-0.25, -0.2) is 0 Å². The van der Waals surface area contributed by atoms with E-state index in [2.05, 4.69) is 22.5 Å². The molecule has 0 saturated carbocycles. The summed E-state index contributed by atoms with van der Waals surface area (Å²) in [5.74, 6) is -0.0266. The predicted octanol–water partition coefficient (Wildman–Crippen LogP) is 2.68. The Kier molecular flexibility index (Phi) is 5.46. The summed E-state index contributed by atoms with van der Waals surface area (Å²) < 4.78 is 0. The van der Waals surface area contributed by atoms with Gasteiger partial charge in [0.15, 0.2) is 0 Å². The maximum absolute atomic E-state index is 12.0. The van der Waals surface area contributed by atoms with Crippen molar-refractivity contribution in [1.29, 1.82) is 0 Å². The molecule has 1 heterocycles. The molecule has 110 valence electrons. The second kappa shape index (κ2) is 7.55. The van der Waals surface area contributed by atoms with Crippen molar-refractivity contribution in [2.45, 2.75) is 26.8 Å². The number of pyridine rings is 1. The Morgan fingerprint density at radius 1 is 1.19 bits per heavy atom. The highest BCUT2D eigenvalue weighted by Crippen LogP contribution is 2.11. The average Bonchev–Trinajstić information content (AvgIpc) is 2.48. The molecule has 1 aromatic carbocycles. The van der Waals surface area contributed by atoms with Crippen LogP contribution in [0.2, 0.25) is 0 Å². The largest absolute Gasteiger partial charge is 0.326 e. The number of rotatable bonds is 6. The van der Waals surface area contributed by atoms with Gasteiger partial charge >= 0.3 is 0 Å². The van der Waals surface area contributed by atoms with Crippen molar-refractivity contribution in [2.24, 2.45) is 0 Å². The van der Waals surface area contributed by atoms with E-state index in [1.165, 1.54) is 0 Å². The van der Waals surface area contributed by atoms with Crippen molar-refractivity contribution >= 4 is 11.6 Å². The Balaban J connectivity index is 1.94. The van der Waals surface area contributed by atoms with Crippen LogP contribution in [0, 0.1) is 6.92 Å². The summed E-state index contributed by atoms with van der Waals surface area (Å²) in [4.78, 5) is 16.2. The number of benzene rings is 1. The van der Waals surface area contributed by atoms with Gasteiger partial charge in [0.2, 0.25) is 5.91 Å². The van der Waals surface area contributed by atoms with Crippen molar-refractivity contribution in [1.82, 2.24) is 10.3 Å². The molecule has 0 aliphatic carbocycles. The molecular weight excluding hydrogens is 262 g/mol. The maximum Gasteiger partial charge on any atom is 0.228 e. The molecule has 1 amide bonds. The number of nitrogens with zero attached hydrogens (tertiary/aromatic N) is 1. The SMILES string of the molecule is CCNCc1cccc(NC(=O)Cc2ccc(C)nc2)c1. The lowest BCUT2D eigenvalue weighted by Crippen LogP contribution is -2.15. The minimum absolute atomic E-state index is 0.0266. The third-order valence-corrected chi connectivity index (χ3v) is 3.13. The molecule has 0 bridgehead atoms. The lowest BCUT2D eigenvalue weighted by atomic mass is 10.1. The highest BCUT2D eigenvalue weighted by molar-refractivity contribution is 5.92. The first kappa shape index (κ1) is 15.2. The molecule has 0 atom stereocenters. The molecule has 2 rings (SSSR count). The summed E-state index contributed by atoms with van der Waals surface area (Å²) in [6.07, 6.45) is 2.08. The fraction of sp³-hybridized carbons (Fsp3) is 0.294. The van der Waals surface area contributed by atoms with E-state index in [-0.39, 0.29) is 5.91 Å². The quantitative estimate of drug-likeness (QED) is 0.857. The lowest BCUT2D eigenvalue weighted by molar-refractivity contribution is -0.115. The summed E-state index contributed by atoms with van der Waals surface area (Å²) in [6, 6.07) is 11.7. The van der Waals surface area contributed by atoms with Gasteiger partial charge in [-0.1, -0.05) is 25.1 Å². The Bertz CT molecular complexity index is 593. The predicted molar refractivity (Wildman–Crippen MR) is 85.1 cm³/mol. The van der Waals surface area contributed by atoms with E-state index in [0.717, 1.165) is 35.6 Å². The van der Waals surface area contributed by atoms with E-state index in [4.69, 9.17) is 0 Å². The molecule has 0 radical (unpaired) electrons. The van der Waals surface area contributed by atoms with Gasteiger partial charge in [0.1, 0.15) is 0 Å². The lowest BCUT2D eigenvalue weighted by Gasteiger charge is -2.08. The maximum atomic E-state index is 12.0. The molecule has 0 unspecified atom stereocenters. The number of carbonyl (C=O) groups is 1. The van der Waals surface area contributed by atoms with E-state index in [0.29, 0.717) is 6.42 Å². The highest BCUT2D eigenvalue weighted by atomic mass is 16.1. The van der Waals surface area contributed by atoms with Crippen LogP contribution in [0.15, 0.2) is 42.6 Å². The van der Waals surface area contributed by atoms with Crippen LogP contribution in [0.5, 0.6) is 0 Å². The molecule has 0 aliphatic rings. The van der Waals surface area contributed by atoms with Crippen LogP contribution < -0.4 is 10.6 Å². The number of hydrogen-bond donors (Lipinski definition) is 2. The minimum Gasteiger partial charge on any atom is -0.326 e. The van der Waals surface area contributed by atoms with Gasteiger partial charge in [0.05, 0.1) is 6.42 Å². The third-order valence-electron chi connectivity index (χ3n) is 3.13. The van der Waals surface area contributed by atoms with Gasteiger partial charge in [-0.05, 0) is 42.8 Å². The van der Waals surface area contributed by atoms with Crippen LogP contribution in [-0.2, 0) is 17.8 Å². The second-order valence-corrected chi connectivity index (χ2v) is 5.01. The number of anilines is 1. The van der Waals surface area contributed by atoms with Gasteiger partial charge < -0.3 is 10.6 Å². The number of carbonyl (C=O) groups excluding carboxylic acids is 1. The minimum atomic E-state index is -0.0266. The van der Waals surface area contributed by atoms with Gasteiger partial charge in [-0.15, -0.1) is 0 Å². The molecule has 1 aromatic heterocycles. The Morgan fingerprint density at radius 3 is 2.76 bits per heavy atom. The molecule has 0 fully saturated rings. The van der Waals surface area contributed by atoms with Gasteiger partial charge in [0, 0.05) is 24.1 Å². The van der Waals surface area contributed by atoms with E-state index < -0.39 is 0 Å². The summed E-state index contributed by atoms with van der Waals surface area (Å²) in [5.41, 5.74) is 3.86. The summed E-state index contributed by atoms with van der Waals surface area (Å²) in [7, 11) is 0. The molecule has 21 heavy (non-hydrogen) atoms. The first-order valence-electron chi connectivity index (χ1n) is 7.18. The molecular formula is C17H21N3O. The smallest absolute Gasteiger partial charge is 0.228 e. The fourth-order valence-corrected chi connectivity index (χ4v) is 2.02. The Morgan fingerprint density at radius 2 is 2.05 bits per heavy atom. The molecule has 4 heteroatoms. The van der Waals surface area contributed by atoms with Gasteiger partial charge in [-0.2, -0.15) is 0 Å². The van der Waals surface area contributed by atoms with E-state index in [1.54, 1.807) is 6.20 Å². The fourth-order valence-electron chi connectivity index (χ4n) is 2.02. The summed E-state index contributed by atoms with van der Waals surface area (Å²) in [5, 5.41) is 6.20. The monoisotopic (exact) mass is 283 g/mol. The van der Waals surface area contributed by atoms with Crippen molar-refractivity contribution in [3.05, 3.63) is 59.4 Å². The number of nitrogens with one attached hydrogen (secondary N) is 2. The zero-order valence-electron chi connectivity index (χ0n) is 12.5. The first-order chi connectivity index (χ1) is 10.2. The van der Waals surface area contributed by atoms with E-state index >= 15 is 0 Å². The number of aromatic nitrogens is 1. The van der Waals surface area contributed by atoms with Crippen molar-refractivity contribution < 1.29 is 4.79 Å². The third kappa shape index (κ3) is 5.00. The van der Waals surface area contributed by atoms with Crippen molar-refractivity contribution in [3.8, 4) is 0 Å². The topological polar surface area (TPSA) is 54.0 Å². The second-order valence-electron chi connectivity index (χ2n) is 5.01. The number of amides is 1. The van der Waals surface area contributed by atoms with Crippen LogP contribution in [0.1, 0.15) is 23.7 Å². The summed E-state index contributed by atoms with van der Waals surface area (Å²) in [6.45, 7) is 5.74. The van der Waals surface area contributed by atoms with Crippen LogP contribution in [-0.4, -0.2) is 17.4 Å². The molecule has 0 saturated heterocycles. The average molecular weight is 283 g/mol. The molecule has 4 nitrogen and oxygen atoms in total. The number of hydrogen-bond acceptors (Lipinski definition) is 3. The molecule has 2 aromatic rings. The molecule has 0 spiro atoms. The Hall–Kier alpha value is -2.20. The van der Waals surface area contributed by atoms with Gasteiger partial charge in [-0.3, -0.25) is 9.78 Å². The van der Waals surface area contributed by atoms with E-state index in [9.17, 15) is 4.79 Å². The zero-order chi connectivity index (χ0) is 15.1. The molecule has 0 aliphatic heterocycles. The Labute approximate surface area is 125 Å². The van der Waals surface area contributed by atoms with Gasteiger partial charge in [0.25, 0.3) is 0 Å². The van der Waals surface area contributed by atoms with Crippen LogP contribution in [0.4, 0.5) is 5.69 Å². The van der Waals surface area contributed by atoms with Crippen LogP contribution in [0.25, 0.3) is 0 Å². The standard InChI is InChI=1S/C17H21N3O/c1-3-18-11-14-5-4-6-16(9-14)20-17(21)10-15-8-7-13(2)19-12-15/h4-9,12,18H,3,10-11H2,1-2H3,(H,20,21). The first-order valence-corrected chi connectivity index (χ1v) is 7.18. The zero-order valence-corrected chi connectivity index (χ0v) is 12.5. The normalized spacial score (nSPS) is 10.4. The summed E-state index contributed by atoms with van der Waals surface area (Å²) >= 11 is 0. The van der Waals surface area contributed by atoms with Crippen LogP contribution in [0.3, 0.4) is 0 Å². The highest BCUT2D eigenvalue weighted by Gasteiger charge is 2.05. The number of aryl methyl sites for hydroxylation is 1. The molecule has 2 N–H and O–H groups in total. The van der Waals surface area contributed by atoms with Crippen molar-refractivity contribution in [3.63, 3.8) is 0 Å².